The second-order valence-corrected chi connectivity index (χ2v) is 9.09. The van der Waals surface area contributed by atoms with Gasteiger partial charge in [0.1, 0.15) is 11.6 Å². The predicted octanol–water partition coefficient (Wildman–Crippen LogP) is 7.22. The van der Waals surface area contributed by atoms with E-state index in [9.17, 15) is 14.0 Å². The van der Waals surface area contributed by atoms with Gasteiger partial charge in [-0.05, 0) is 55.0 Å². The van der Waals surface area contributed by atoms with Gasteiger partial charge in [-0.3, -0.25) is 14.5 Å². The van der Waals surface area contributed by atoms with Crippen molar-refractivity contribution in [2.45, 2.75) is 58.3 Å². The quantitative estimate of drug-likeness (QED) is 0.237. The van der Waals surface area contributed by atoms with E-state index < -0.39 is 5.97 Å². The average Bonchev–Trinajstić information content (AvgIpc) is 3.33. The Kier molecular flexibility index (Phi) is 10.2. The van der Waals surface area contributed by atoms with Gasteiger partial charge < -0.3 is 9.84 Å². The van der Waals surface area contributed by atoms with Crippen molar-refractivity contribution >= 4 is 34.0 Å². The van der Waals surface area contributed by atoms with E-state index in [2.05, 4.69) is 11.9 Å². The molecule has 0 saturated carbocycles. The van der Waals surface area contributed by atoms with Crippen molar-refractivity contribution in [3.8, 4) is 17.0 Å². The number of hydrogen-bond donors (Lipinski definition) is 1. The first kappa shape index (κ1) is 26.3. The summed E-state index contributed by atoms with van der Waals surface area (Å²) < 4.78 is 19.1. The zero-order chi connectivity index (χ0) is 25.0. The van der Waals surface area contributed by atoms with Crippen LogP contribution in [-0.2, 0) is 9.59 Å². The summed E-state index contributed by atoms with van der Waals surface area (Å²) in [7, 11) is 0. The molecule has 0 aliphatic rings. The number of halogens is 1. The number of benzene rings is 2. The van der Waals surface area contributed by atoms with Crippen molar-refractivity contribution in [2.75, 3.05) is 11.5 Å². The summed E-state index contributed by atoms with van der Waals surface area (Å²) in [6.45, 7) is 2.84. The molecule has 8 heteroatoms. The van der Waals surface area contributed by atoms with Gasteiger partial charge in [-0.2, -0.15) is 0 Å². The summed E-state index contributed by atoms with van der Waals surface area (Å²) in [6, 6.07) is 13.1. The van der Waals surface area contributed by atoms with Crippen LogP contribution in [0, 0.1) is 5.82 Å². The normalized spacial score (nSPS) is 10.8. The van der Waals surface area contributed by atoms with Gasteiger partial charge in [0.2, 0.25) is 5.91 Å². The fraction of sp³-hybridized carbons (Fsp3) is 0.370. The molecule has 1 heterocycles. The summed E-state index contributed by atoms with van der Waals surface area (Å²) >= 11 is 1.26. The third-order valence-corrected chi connectivity index (χ3v) is 6.31. The van der Waals surface area contributed by atoms with Crippen molar-refractivity contribution in [1.29, 1.82) is 0 Å². The number of thiazole rings is 1. The highest BCUT2D eigenvalue weighted by Crippen LogP contribution is 2.34. The summed E-state index contributed by atoms with van der Waals surface area (Å²) in [5, 5.41) is 11.2. The van der Waals surface area contributed by atoms with Crippen molar-refractivity contribution < 1.29 is 23.8 Å². The molecular weight excluding hydrogens is 467 g/mol. The van der Waals surface area contributed by atoms with Crippen LogP contribution < -0.4 is 9.64 Å². The Labute approximate surface area is 209 Å². The SMILES string of the molecule is CCCCCCCCOc1ccc(N(C(=O)CCC(=O)O)c2nc(-c3ccc(F)cc3)cs2)cc1. The number of nitrogens with zero attached hydrogens (tertiary/aromatic N) is 2. The van der Waals surface area contributed by atoms with Gasteiger partial charge in [0, 0.05) is 17.4 Å². The fourth-order valence-electron chi connectivity index (χ4n) is 3.57. The molecule has 6 nitrogen and oxygen atoms in total. The molecule has 0 saturated heterocycles. The Bertz CT molecular complexity index is 1080. The van der Waals surface area contributed by atoms with Gasteiger partial charge in [0.05, 0.1) is 24.4 Å². The smallest absolute Gasteiger partial charge is 0.303 e. The summed E-state index contributed by atoms with van der Waals surface area (Å²) in [6.07, 6.45) is 6.69. The maximum Gasteiger partial charge on any atom is 0.303 e. The molecule has 3 rings (SSSR count). The highest BCUT2D eigenvalue weighted by molar-refractivity contribution is 7.14. The maximum atomic E-state index is 13.3. The van der Waals surface area contributed by atoms with E-state index in [1.54, 1.807) is 41.8 Å². The maximum absolute atomic E-state index is 13.3. The fourth-order valence-corrected chi connectivity index (χ4v) is 4.44. The van der Waals surface area contributed by atoms with E-state index in [0.717, 1.165) is 18.4 Å². The van der Waals surface area contributed by atoms with E-state index >= 15 is 0 Å². The van der Waals surface area contributed by atoms with E-state index in [0.29, 0.717) is 28.9 Å². The van der Waals surface area contributed by atoms with E-state index in [4.69, 9.17) is 9.84 Å². The van der Waals surface area contributed by atoms with Crippen LogP contribution in [-0.4, -0.2) is 28.6 Å². The minimum Gasteiger partial charge on any atom is -0.494 e. The van der Waals surface area contributed by atoms with Crippen molar-refractivity contribution in [1.82, 2.24) is 4.98 Å². The molecule has 0 spiro atoms. The number of aliphatic carboxylic acids is 1. The van der Waals surface area contributed by atoms with Gasteiger partial charge in [0.15, 0.2) is 5.13 Å². The summed E-state index contributed by atoms with van der Waals surface area (Å²) in [5.74, 6) is -1.03. The number of unbranched alkanes of at least 4 members (excludes halogenated alkanes) is 5. The highest BCUT2D eigenvalue weighted by atomic mass is 32.1. The van der Waals surface area contributed by atoms with Crippen LogP contribution in [0.15, 0.2) is 53.9 Å². The average molecular weight is 499 g/mol. The molecule has 3 aromatic rings. The monoisotopic (exact) mass is 498 g/mol. The van der Waals surface area contributed by atoms with Crippen molar-refractivity contribution in [3.63, 3.8) is 0 Å². The number of carboxylic acids is 1. The summed E-state index contributed by atoms with van der Waals surface area (Å²) in [4.78, 5) is 30.0. The van der Waals surface area contributed by atoms with Crippen LogP contribution in [0.2, 0.25) is 0 Å². The molecule has 0 radical (unpaired) electrons. The Morgan fingerprint density at radius 3 is 2.34 bits per heavy atom. The third kappa shape index (κ3) is 8.17. The number of carbonyl (C=O) groups is 2. The van der Waals surface area contributed by atoms with E-state index in [1.165, 1.54) is 54.1 Å². The number of carbonyl (C=O) groups excluding carboxylic acids is 1. The molecule has 0 fully saturated rings. The molecule has 0 aliphatic heterocycles. The Hall–Kier alpha value is -3.26. The molecule has 1 N–H and O–H groups in total. The number of anilines is 2. The minimum atomic E-state index is -1.04. The van der Waals surface area contributed by atoms with E-state index in [-0.39, 0.29) is 24.6 Å². The van der Waals surface area contributed by atoms with Gasteiger partial charge in [-0.1, -0.05) is 39.0 Å². The van der Waals surface area contributed by atoms with Crippen molar-refractivity contribution in [2.24, 2.45) is 0 Å². The zero-order valence-electron chi connectivity index (χ0n) is 19.9. The lowest BCUT2D eigenvalue weighted by atomic mass is 10.1. The lowest BCUT2D eigenvalue weighted by Crippen LogP contribution is -2.26. The van der Waals surface area contributed by atoms with Crippen LogP contribution in [0.1, 0.15) is 58.3 Å². The first-order chi connectivity index (χ1) is 17.0. The van der Waals surface area contributed by atoms with Crippen LogP contribution in [0.3, 0.4) is 0 Å². The number of rotatable bonds is 14. The lowest BCUT2D eigenvalue weighted by molar-refractivity contribution is -0.138. The Morgan fingerprint density at radius 1 is 0.971 bits per heavy atom. The first-order valence-corrected chi connectivity index (χ1v) is 12.8. The molecule has 0 bridgehead atoms. The highest BCUT2D eigenvalue weighted by Gasteiger charge is 2.22. The standard InChI is InChI=1S/C27H31FN2O4S/c1-2-3-4-5-6-7-18-34-23-14-12-22(13-15-23)30(25(31)16-17-26(32)33)27-29-24(19-35-27)20-8-10-21(28)11-9-20/h8-15,19H,2-7,16-18H2,1H3,(H,32,33). The third-order valence-electron chi connectivity index (χ3n) is 5.49. The van der Waals surface area contributed by atoms with E-state index in [1.807, 2.05) is 0 Å². The molecular formula is C27H31FN2O4S. The molecule has 35 heavy (non-hydrogen) atoms. The van der Waals surface area contributed by atoms with Crippen LogP contribution in [0.5, 0.6) is 5.75 Å². The Morgan fingerprint density at radius 2 is 1.66 bits per heavy atom. The van der Waals surface area contributed by atoms with Crippen LogP contribution >= 0.6 is 11.3 Å². The number of hydrogen-bond acceptors (Lipinski definition) is 5. The zero-order valence-corrected chi connectivity index (χ0v) is 20.7. The van der Waals surface area contributed by atoms with Gasteiger partial charge >= 0.3 is 5.97 Å². The molecule has 0 atom stereocenters. The molecule has 186 valence electrons. The van der Waals surface area contributed by atoms with Crippen LogP contribution in [0.25, 0.3) is 11.3 Å². The summed E-state index contributed by atoms with van der Waals surface area (Å²) in [5.41, 5.74) is 1.91. The second-order valence-electron chi connectivity index (χ2n) is 8.26. The molecule has 0 unspecified atom stereocenters. The van der Waals surface area contributed by atoms with Crippen LogP contribution in [0.4, 0.5) is 15.2 Å². The first-order valence-electron chi connectivity index (χ1n) is 12.0. The largest absolute Gasteiger partial charge is 0.494 e. The molecule has 1 amide bonds. The number of amides is 1. The van der Waals surface area contributed by atoms with Crippen molar-refractivity contribution in [3.05, 3.63) is 59.7 Å². The number of aromatic nitrogens is 1. The van der Waals surface area contributed by atoms with Gasteiger partial charge in [-0.15, -0.1) is 11.3 Å². The molecule has 0 aliphatic carbocycles. The topological polar surface area (TPSA) is 79.7 Å². The predicted molar refractivity (Wildman–Crippen MR) is 137 cm³/mol. The van der Waals surface area contributed by atoms with Gasteiger partial charge in [0.25, 0.3) is 0 Å². The van der Waals surface area contributed by atoms with Gasteiger partial charge in [-0.25, -0.2) is 9.37 Å². The second kappa shape index (κ2) is 13.6. The minimum absolute atomic E-state index is 0.156. The number of ether oxygens (including phenoxy) is 1. The molecule has 1 aromatic heterocycles. The Balaban J connectivity index is 1.71. The lowest BCUT2D eigenvalue weighted by Gasteiger charge is -2.20. The molecule has 2 aromatic carbocycles. The number of carboxylic acid groups (broad SMARTS) is 1.